The topological polar surface area (TPSA) is 61.1 Å². The molecule has 0 N–H and O–H groups in total. The van der Waals surface area contributed by atoms with Gasteiger partial charge in [0.05, 0.1) is 0 Å². The molecule has 0 spiro atoms. The molecule has 0 saturated heterocycles. The minimum Gasteiger partial charge on any atom is -0.743 e. The molecule has 0 saturated carbocycles. The van der Waals surface area contributed by atoms with Crippen LogP contribution >= 0.6 is 0 Å². The first-order chi connectivity index (χ1) is 10.8. The first kappa shape index (κ1) is 22.7. The van der Waals surface area contributed by atoms with Gasteiger partial charge in [-0.3, -0.25) is 0 Å². The summed E-state index contributed by atoms with van der Waals surface area (Å²) < 4.78 is 85.9. The Morgan fingerprint density at radius 1 is 1.04 bits per heavy atom. The Kier molecular flexibility index (Phi) is 8.76. The number of halogens is 5. The van der Waals surface area contributed by atoms with Crippen LogP contribution in [0.3, 0.4) is 0 Å². The van der Waals surface area contributed by atoms with Gasteiger partial charge < -0.3 is 4.55 Å². The third kappa shape index (κ3) is 7.52. The van der Waals surface area contributed by atoms with Crippen LogP contribution in [0.2, 0.25) is 0 Å². The Labute approximate surface area is 138 Å². The van der Waals surface area contributed by atoms with E-state index in [0.29, 0.717) is 0 Å². The van der Waals surface area contributed by atoms with Crippen LogP contribution in [-0.2, 0) is 16.7 Å². The average molecular weight is 377 g/mol. The number of rotatable bonds is 6. The molecule has 0 aliphatic rings. The number of hydrogen-bond acceptors (Lipinski definition) is 3. The Hall–Kier alpha value is -1.29. The van der Waals surface area contributed by atoms with Gasteiger partial charge in [-0.2, -0.15) is 22.0 Å². The number of aromatic nitrogens is 1. The van der Waals surface area contributed by atoms with Crippen molar-refractivity contribution in [3.05, 3.63) is 30.1 Å². The zero-order valence-electron chi connectivity index (χ0n) is 13.3. The third-order valence-corrected chi connectivity index (χ3v) is 3.83. The van der Waals surface area contributed by atoms with Gasteiger partial charge in [0, 0.05) is 18.6 Å². The molecule has 1 heterocycles. The lowest BCUT2D eigenvalue weighted by Crippen LogP contribution is -2.43. The Morgan fingerprint density at radius 3 is 1.88 bits per heavy atom. The fraction of sp³-hybridized carbons (Fsp3) is 0.643. The minimum atomic E-state index is -6.67. The van der Waals surface area contributed by atoms with Crippen LogP contribution in [0.15, 0.2) is 24.5 Å². The van der Waals surface area contributed by atoms with Crippen molar-refractivity contribution in [3.63, 3.8) is 0 Å². The summed E-state index contributed by atoms with van der Waals surface area (Å²) in [5, 5.41) is -6.21. The summed E-state index contributed by atoms with van der Waals surface area (Å²) in [5.74, 6) is 0. The zero-order chi connectivity index (χ0) is 19.0. The molecule has 1 aromatic heterocycles. The predicted octanol–water partition coefficient (Wildman–Crippen LogP) is 3.55. The van der Waals surface area contributed by atoms with Crippen LogP contribution < -0.4 is 4.57 Å². The normalized spacial score (nSPS) is 12.5. The van der Waals surface area contributed by atoms with E-state index in [1.165, 1.54) is 37.8 Å². The van der Waals surface area contributed by atoms with Crippen LogP contribution in [0, 0.1) is 6.92 Å². The quantitative estimate of drug-likeness (QED) is 0.330. The van der Waals surface area contributed by atoms with Crippen molar-refractivity contribution in [2.75, 3.05) is 0 Å². The molecule has 10 heteroatoms. The SMILES string of the molecule is CCCCCC[n+]1ccc(C)cc1.O=S(=O)([O-])C(F)(F)C(F)(F)F. The second-order valence-corrected chi connectivity index (χ2v) is 6.56. The second kappa shape index (κ2) is 9.26. The first-order valence-corrected chi connectivity index (χ1v) is 8.59. The highest BCUT2D eigenvalue weighted by Gasteiger charge is 2.63. The number of pyridine rings is 1. The molecule has 140 valence electrons. The summed E-state index contributed by atoms with van der Waals surface area (Å²) in [6, 6.07) is 4.33. The number of aryl methyl sites for hydroxylation is 2. The van der Waals surface area contributed by atoms with Gasteiger partial charge in [0.2, 0.25) is 0 Å². The van der Waals surface area contributed by atoms with Crippen molar-refractivity contribution < 1.29 is 39.5 Å². The molecule has 0 unspecified atom stereocenters. The van der Waals surface area contributed by atoms with Crippen LogP contribution in [0.5, 0.6) is 0 Å². The van der Waals surface area contributed by atoms with Crippen LogP contribution in [0.1, 0.15) is 38.2 Å². The van der Waals surface area contributed by atoms with E-state index < -0.39 is 21.5 Å². The fourth-order valence-electron chi connectivity index (χ4n) is 1.54. The summed E-state index contributed by atoms with van der Waals surface area (Å²) in [5.41, 5.74) is 1.34. The zero-order valence-corrected chi connectivity index (χ0v) is 14.1. The molecule has 0 aliphatic carbocycles. The lowest BCUT2D eigenvalue weighted by atomic mass is 10.2. The maximum Gasteiger partial charge on any atom is 0.468 e. The molecular weight excluding hydrogens is 357 g/mol. The summed E-state index contributed by atoms with van der Waals surface area (Å²) >= 11 is 0. The molecule has 0 radical (unpaired) electrons. The van der Waals surface area contributed by atoms with E-state index >= 15 is 0 Å². The molecule has 0 fully saturated rings. The van der Waals surface area contributed by atoms with Gasteiger partial charge in [-0.1, -0.05) is 19.8 Å². The molecule has 1 rings (SSSR count). The smallest absolute Gasteiger partial charge is 0.468 e. The molecule has 0 atom stereocenters. The Balaban J connectivity index is 0.000000449. The third-order valence-electron chi connectivity index (χ3n) is 2.97. The lowest BCUT2D eigenvalue weighted by Gasteiger charge is -2.21. The molecule has 0 amide bonds. The van der Waals surface area contributed by atoms with Crippen molar-refractivity contribution in [3.8, 4) is 0 Å². The Bertz CT molecular complexity index is 585. The molecule has 1 aromatic rings. The number of unbranched alkanes of at least 4 members (excludes halogenated alkanes) is 3. The molecule has 0 bridgehead atoms. The number of alkyl halides is 5. The molecule has 24 heavy (non-hydrogen) atoms. The summed E-state index contributed by atoms with van der Waals surface area (Å²) in [6.07, 6.45) is 3.33. The van der Waals surface area contributed by atoms with Gasteiger partial charge in [-0.15, -0.1) is 0 Å². The Morgan fingerprint density at radius 2 is 1.54 bits per heavy atom. The number of hydrogen-bond donors (Lipinski definition) is 0. The van der Waals surface area contributed by atoms with E-state index in [1.54, 1.807) is 0 Å². The molecular formula is C14H20F5NO3S. The van der Waals surface area contributed by atoms with Crippen molar-refractivity contribution in [2.24, 2.45) is 0 Å². The van der Waals surface area contributed by atoms with E-state index in [2.05, 4.69) is 42.9 Å². The van der Waals surface area contributed by atoms with E-state index in [4.69, 9.17) is 0 Å². The van der Waals surface area contributed by atoms with Crippen molar-refractivity contribution in [2.45, 2.75) is 57.5 Å². The highest BCUT2D eigenvalue weighted by Crippen LogP contribution is 2.38. The monoisotopic (exact) mass is 377 g/mol. The average Bonchev–Trinajstić information content (AvgIpc) is 2.44. The van der Waals surface area contributed by atoms with Crippen LogP contribution in [0.25, 0.3) is 0 Å². The van der Waals surface area contributed by atoms with Gasteiger partial charge in [0.1, 0.15) is 6.54 Å². The van der Waals surface area contributed by atoms with Gasteiger partial charge in [0.15, 0.2) is 22.5 Å². The lowest BCUT2D eigenvalue weighted by molar-refractivity contribution is -0.697. The van der Waals surface area contributed by atoms with Crippen molar-refractivity contribution in [1.29, 1.82) is 0 Å². The van der Waals surface area contributed by atoms with E-state index in [9.17, 15) is 34.9 Å². The van der Waals surface area contributed by atoms with Gasteiger partial charge in [-0.05, 0) is 18.9 Å². The molecule has 0 aromatic carbocycles. The number of nitrogens with zero attached hydrogens (tertiary/aromatic N) is 1. The van der Waals surface area contributed by atoms with E-state index in [-0.39, 0.29) is 0 Å². The summed E-state index contributed by atoms with van der Waals surface area (Å²) in [4.78, 5) is 0. The van der Waals surface area contributed by atoms with Crippen LogP contribution in [-0.4, -0.2) is 24.4 Å². The predicted molar refractivity (Wildman–Crippen MR) is 76.2 cm³/mol. The molecule has 4 nitrogen and oxygen atoms in total. The van der Waals surface area contributed by atoms with Crippen molar-refractivity contribution >= 4 is 10.1 Å². The second-order valence-electron chi connectivity index (χ2n) is 5.14. The maximum atomic E-state index is 11.4. The largest absolute Gasteiger partial charge is 0.743 e. The highest BCUT2D eigenvalue weighted by molar-refractivity contribution is 7.86. The van der Waals surface area contributed by atoms with E-state index in [1.807, 2.05) is 0 Å². The van der Waals surface area contributed by atoms with Gasteiger partial charge >= 0.3 is 11.4 Å². The van der Waals surface area contributed by atoms with Crippen molar-refractivity contribution in [1.82, 2.24) is 0 Å². The highest BCUT2D eigenvalue weighted by atomic mass is 32.2. The minimum absolute atomic E-state index is 1.17. The maximum absolute atomic E-state index is 11.4. The molecule has 0 aliphatic heterocycles. The standard InChI is InChI=1S/C12H20N.C2HF5O3S/c1-3-4-5-6-9-13-10-7-12(2)8-11-13;3-1(4,5)2(6,7)11(8,9)10/h7-8,10-11H,3-6,9H2,1-2H3;(H,8,9,10)/q+1;/p-1. The first-order valence-electron chi connectivity index (χ1n) is 7.18. The van der Waals surface area contributed by atoms with Gasteiger partial charge in [-0.25, -0.2) is 13.0 Å². The van der Waals surface area contributed by atoms with E-state index in [0.717, 1.165) is 0 Å². The fourth-order valence-corrected chi connectivity index (χ4v) is 1.83. The van der Waals surface area contributed by atoms with Crippen LogP contribution in [0.4, 0.5) is 22.0 Å². The van der Waals surface area contributed by atoms with Gasteiger partial charge in [0.25, 0.3) is 0 Å². The summed E-state index contributed by atoms with van der Waals surface area (Å²) in [7, 11) is -6.67. The summed E-state index contributed by atoms with van der Waals surface area (Å²) in [6.45, 7) is 5.54.